The lowest BCUT2D eigenvalue weighted by atomic mass is 9.83. The van der Waals surface area contributed by atoms with Gasteiger partial charge in [0.15, 0.2) is 0 Å². The molecule has 1 aromatic heterocycles. The monoisotopic (exact) mass is 388 g/mol. The minimum atomic E-state index is -0.851. The number of carbonyl (C=O) groups is 1. The van der Waals surface area contributed by atoms with Gasteiger partial charge in [-0.1, -0.05) is 53.7 Å². The second-order valence-electron chi connectivity index (χ2n) is 7.16. The van der Waals surface area contributed by atoms with Crippen LogP contribution in [-0.2, 0) is 11.2 Å². The normalized spacial score (nSPS) is 12.6. The Morgan fingerprint density at radius 1 is 1.07 bits per heavy atom. The highest BCUT2D eigenvalue weighted by Gasteiger charge is 2.20. The smallest absolute Gasteiger partial charge is 0.307 e. The van der Waals surface area contributed by atoms with Crippen LogP contribution in [-0.4, -0.2) is 27.0 Å². The first-order chi connectivity index (χ1) is 14.0. The van der Waals surface area contributed by atoms with E-state index in [0.29, 0.717) is 12.1 Å². The maximum Gasteiger partial charge on any atom is 0.307 e. The molecule has 0 aliphatic carbocycles. The van der Waals surface area contributed by atoms with Crippen LogP contribution >= 0.6 is 0 Å². The van der Waals surface area contributed by atoms with Crippen LogP contribution in [0.1, 0.15) is 45.8 Å². The Morgan fingerprint density at radius 3 is 2.41 bits per heavy atom. The van der Waals surface area contributed by atoms with Crippen LogP contribution in [0.2, 0.25) is 0 Å². The number of benzene rings is 2. The van der Waals surface area contributed by atoms with Gasteiger partial charge >= 0.3 is 5.97 Å². The third kappa shape index (κ3) is 5.08. The zero-order valence-electron chi connectivity index (χ0n) is 16.5. The first kappa shape index (κ1) is 20.3. The van der Waals surface area contributed by atoms with E-state index in [2.05, 4.69) is 29.2 Å². The molecule has 0 spiro atoms. The summed E-state index contributed by atoms with van der Waals surface area (Å²) in [7, 11) is 0. The number of aryl methyl sites for hydroxylation is 2. The van der Waals surface area contributed by atoms with Gasteiger partial charge < -0.3 is 10.3 Å². The van der Waals surface area contributed by atoms with Crippen LogP contribution in [0.5, 0.6) is 0 Å². The Labute approximate surface area is 170 Å². The Balaban J connectivity index is 2.00. The van der Waals surface area contributed by atoms with Crippen LogP contribution < -0.4 is 0 Å². The fraction of sp³-hybridized carbons (Fsp3) is 0.208. The molecule has 0 saturated carbocycles. The molecular formula is C24H24N2O3. The van der Waals surface area contributed by atoms with Crippen molar-refractivity contribution in [2.75, 3.05) is 0 Å². The molecule has 0 saturated heterocycles. The predicted molar refractivity (Wildman–Crippen MR) is 113 cm³/mol. The molecule has 148 valence electrons. The van der Waals surface area contributed by atoms with Gasteiger partial charge in [0.05, 0.1) is 12.1 Å². The first-order valence-corrected chi connectivity index (χ1v) is 9.48. The predicted octanol–water partition coefficient (Wildman–Crippen LogP) is 4.73. The van der Waals surface area contributed by atoms with E-state index in [1.54, 1.807) is 6.20 Å². The van der Waals surface area contributed by atoms with E-state index < -0.39 is 5.97 Å². The maximum absolute atomic E-state index is 11.0. The minimum Gasteiger partial charge on any atom is -0.481 e. The summed E-state index contributed by atoms with van der Waals surface area (Å²) in [6.07, 6.45) is 2.21. The standard InChI is InChI=1S/C24H24N2O3/c1-16-5-3-4-6-21(16)22(19-9-7-18(8-10-19)14-24(27)28)15-23(26-29)20-11-12-25-17(2)13-20/h3-13,22,29H,14-15H2,1-2H3,(H,27,28)/b26-23+. The molecule has 3 aromatic rings. The number of aromatic nitrogens is 1. The number of hydrogen-bond donors (Lipinski definition) is 2. The van der Waals surface area contributed by atoms with Crippen molar-refractivity contribution in [3.05, 3.63) is 100 Å². The largest absolute Gasteiger partial charge is 0.481 e. The molecule has 0 bridgehead atoms. The summed E-state index contributed by atoms with van der Waals surface area (Å²) in [5, 5.41) is 22.3. The summed E-state index contributed by atoms with van der Waals surface area (Å²) in [5.41, 5.74) is 6.36. The Kier molecular flexibility index (Phi) is 6.39. The van der Waals surface area contributed by atoms with E-state index in [-0.39, 0.29) is 12.3 Å². The Bertz CT molecular complexity index is 1030. The average molecular weight is 388 g/mol. The number of oxime groups is 1. The molecule has 0 fully saturated rings. The van der Waals surface area contributed by atoms with Crippen molar-refractivity contribution in [3.8, 4) is 0 Å². The van der Waals surface area contributed by atoms with E-state index in [4.69, 9.17) is 5.11 Å². The van der Waals surface area contributed by atoms with Crippen molar-refractivity contribution in [3.63, 3.8) is 0 Å². The molecule has 1 heterocycles. The molecule has 0 amide bonds. The highest BCUT2D eigenvalue weighted by Crippen LogP contribution is 2.32. The number of carboxylic acid groups (broad SMARTS) is 1. The first-order valence-electron chi connectivity index (χ1n) is 9.48. The van der Waals surface area contributed by atoms with Gasteiger partial charge in [-0.15, -0.1) is 0 Å². The lowest BCUT2D eigenvalue weighted by Crippen LogP contribution is -2.12. The van der Waals surface area contributed by atoms with Crippen molar-refractivity contribution in [1.82, 2.24) is 4.98 Å². The summed E-state index contributed by atoms with van der Waals surface area (Å²) in [6, 6.07) is 19.5. The summed E-state index contributed by atoms with van der Waals surface area (Å²) in [6.45, 7) is 3.96. The quantitative estimate of drug-likeness (QED) is 0.348. The average Bonchev–Trinajstić information content (AvgIpc) is 2.70. The van der Waals surface area contributed by atoms with E-state index in [1.807, 2.05) is 55.5 Å². The summed E-state index contributed by atoms with van der Waals surface area (Å²) in [5.74, 6) is -0.884. The lowest BCUT2D eigenvalue weighted by Gasteiger charge is -2.21. The third-order valence-corrected chi connectivity index (χ3v) is 5.05. The van der Waals surface area contributed by atoms with Crippen molar-refractivity contribution in [2.24, 2.45) is 5.16 Å². The summed E-state index contributed by atoms with van der Waals surface area (Å²) >= 11 is 0. The van der Waals surface area contributed by atoms with Gasteiger partial charge in [-0.2, -0.15) is 0 Å². The molecule has 0 aliphatic rings. The number of rotatable bonds is 7. The van der Waals surface area contributed by atoms with Crippen LogP contribution in [0, 0.1) is 13.8 Å². The van der Waals surface area contributed by atoms with E-state index in [9.17, 15) is 10.0 Å². The highest BCUT2D eigenvalue weighted by atomic mass is 16.4. The van der Waals surface area contributed by atoms with E-state index in [0.717, 1.165) is 33.5 Å². The molecule has 2 aromatic carbocycles. The van der Waals surface area contributed by atoms with E-state index >= 15 is 0 Å². The Hall–Kier alpha value is -3.47. The zero-order valence-corrected chi connectivity index (χ0v) is 16.5. The van der Waals surface area contributed by atoms with Gasteiger partial charge in [-0.3, -0.25) is 9.78 Å². The molecule has 2 N–H and O–H groups in total. The van der Waals surface area contributed by atoms with Gasteiger partial charge in [-0.25, -0.2) is 0 Å². The molecule has 29 heavy (non-hydrogen) atoms. The molecular weight excluding hydrogens is 364 g/mol. The van der Waals surface area contributed by atoms with Gasteiger partial charge in [0.1, 0.15) is 0 Å². The number of hydrogen-bond acceptors (Lipinski definition) is 4. The molecule has 3 rings (SSSR count). The minimum absolute atomic E-state index is 0.00501. The molecule has 0 aliphatic heterocycles. The number of pyridine rings is 1. The zero-order chi connectivity index (χ0) is 20.8. The van der Waals surface area contributed by atoms with Gasteiger partial charge in [0.25, 0.3) is 0 Å². The van der Waals surface area contributed by atoms with Crippen LogP contribution in [0.4, 0.5) is 0 Å². The second kappa shape index (κ2) is 9.15. The summed E-state index contributed by atoms with van der Waals surface area (Å²) < 4.78 is 0. The van der Waals surface area contributed by atoms with Crippen molar-refractivity contribution in [2.45, 2.75) is 32.6 Å². The van der Waals surface area contributed by atoms with Crippen molar-refractivity contribution >= 4 is 11.7 Å². The molecule has 1 atom stereocenters. The fourth-order valence-electron chi connectivity index (χ4n) is 3.56. The van der Waals surface area contributed by atoms with Gasteiger partial charge in [0.2, 0.25) is 0 Å². The molecule has 1 unspecified atom stereocenters. The van der Waals surface area contributed by atoms with Gasteiger partial charge in [0, 0.05) is 29.8 Å². The van der Waals surface area contributed by atoms with E-state index in [1.165, 1.54) is 0 Å². The number of nitrogens with zero attached hydrogens (tertiary/aromatic N) is 2. The van der Waals surface area contributed by atoms with Crippen LogP contribution in [0.3, 0.4) is 0 Å². The van der Waals surface area contributed by atoms with Crippen LogP contribution in [0.25, 0.3) is 0 Å². The Morgan fingerprint density at radius 2 is 1.79 bits per heavy atom. The molecule has 0 radical (unpaired) electrons. The highest BCUT2D eigenvalue weighted by molar-refractivity contribution is 6.01. The second-order valence-corrected chi connectivity index (χ2v) is 7.16. The summed E-state index contributed by atoms with van der Waals surface area (Å²) in [4.78, 5) is 15.2. The van der Waals surface area contributed by atoms with Crippen molar-refractivity contribution < 1.29 is 15.1 Å². The maximum atomic E-state index is 11.0. The topological polar surface area (TPSA) is 82.8 Å². The van der Waals surface area contributed by atoms with Crippen molar-refractivity contribution in [1.29, 1.82) is 0 Å². The van der Waals surface area contributed by atoms with Gasteiger partial charge in [-0.05, 0) is 48.2 Å². The lowest BCUT2D eigenvalue weighted by molar-refractivity contribution is -0.136. The number of aliphatic carboxylic acids is 1. The number of carboxylic acids is 1. The molecule has 5 heteroatoms. The third-order valence-electron chi connectivity index (χ3n) is 5.05. The van der Waals surface area contributed by atoms with Crippen LogP contribution in [0.15, 0.2) is 72.0 Å². The SMILES string of the molecule is Cc1cc(/C(CC(c2ccc(CC(=O)O)cc2)c2ccccc2C)=N/O)ccn1. The molecule has 5 nitrogen and oxygen atoms in total. The fourth-order valence-corrected chi connectivity index (χ4v) is 3.56.